The molecule has 0 atom stereocenters. The van der Waals surface area contributed by atoms with Gasteiger partial charge in [0.25, 0.3) is 15.9 Å². The number of benzene rings is 3. The van der Waals surface area contributed by atoms with E-state index in [9.17, 15) is 17.6 Å². The Kier molecular flexibility index (Phi) is 5.59. The Morgan fingerprint density at radius 2 is 1.71 bits per heavy atom. The van der Waals surface area contributed by atoms with E-state index < -0.39 is 20.7 Å². The van der Waals surface area contributed by atoms with Crippen LogP contribution in [0.2, 0.25) is 0 Å². The third-order valence-corrected chi connectivity index (χ3v) is 7.14. The van der Waals surface area contributed by atoms with Crippen LogP contribution < -0.4 is 9.62 Å². The summed E-state index contributed by atoms with van der Waals surface area (Å²) in [6.07, 6.45) is 4.21. The number of fused-ring (bicyclic) bond motifs is 1. The van der Waals surface area contributed by atoms with Crippen molar-refractivity contribution in [2.24, 2.45) is 0 Å². The third kappa shape index (κ3) is 4.15. The number of sulfonamides is 1. The van der Waals surface area contributed by atoms with Gasteiger partial charge in [0.1, 0.15) is 10.7 Å². The minimum Gasteiger partial charge on any atom is -0.308 e. The number of anilines is 2. The number of carbonyl (C=O) groups is 1. The number of carbonyl (C=O) groups excluding carboxylic acids is 1. The lowest BCUT2D eigenvalue weighted by Gasteiger charge is -2.18. The van der Waals surface area contributed by atoms with E-state index >= 15 is 0 Å². The van der Waals surface area contributed by atoms with Crippen LogP contribution in [0.25, 0.3) is 11.1 Å². The summed E-state index contributed by atoms with van der Waals surface area (Å²) in [5.74, 6) is -1.08. The van der Waals surface area contributed by atoms with Crippen molar-refractivity contribution >= 4 is 27.3 Å². The minimum atomic E-state index is -4.14. The largest absolute Gasteiger partial charge is 0.308 e. The molecule has 0 spiro atoms. The van der Waals surface area contributed by atoms with Crippen molar-refractivity contribution in [3.05, 3.63) is 108 Å². The summed E-state index contributed by atoms with van der Waals surface area (Å²) >= 11 is 0. The fourth-order valence-corrected chi connectivity index (χ4v) is 5.21. The van der Waals surface area contributed by atoms with Gasteiger partial charge in [-0.1, -0.05) is 24.3 Å². The van der Waals surface area contributed by atoms with Crippen LogP contribution in [0.15, 0.2) is 96.2 Å². The van der Waals surface area contributed by atoms with E-state index in [0.29, 0.717) is 12.1 Å². The number of hydrogen-bond acceptors (Lipinski definition) is 4. The Labute approximate surface area is 196 Å². The molecule has 0 aliphatic carbocycles. The average molecular weight is 474 g/mol. The number of amides is 1. The predicted octanol–water partition coefficient (Wildman–Crippen LogP) is 4.89. The molecule has 170 valence electrons. The van der Waals surface area contributed by atoms with Crippen molar-refractivity contribution in [1.82, 2.24) is 4.98 Å². The molecule has 6 nitrogen and oxygen atoms in total. The molecular formula is C26H20FN3O3S. The predicted molar refractivity (Wildman–Crippen MR) is 129 cm³/mol. The molecule has 1 N–H and O–H groups in total. The van der Waals surface area contributed by atoms with Gasteiger partial charge < -0.3 is 4.90 Å². The van der Waals surface area contributed by atoms with Crippen LogP contribution in [-0.4, -0.2) is 25.9 Å². The first-order valence-corrected chi connectivity index (χ1v) is 12.1. The second-order valence-electron chi connectivity index (χ2n) is 7.90. The zero-order valence-electron chi connectivity index (χ0n) is 18.0. The Bertz CT molecular complexity index is 1490. The van der Waals surface area contributed by atoms with E-state index in [-0.39, 0.29) is 11.6 Å². The molecule has 0 saturated carbocycles. The van der Waals surface area contributed by atoms with Gasteiger partial charge >= 0.3 is 0 Å². The van der Waals surface area contributed by atoms with Gasteiger partial charge in [-0.3, -0.25) is 14.5 Å². The SMILES string of the molecule is O=C(c1cccc(NS(=O)(=O)c2ccccc2F)c1)N1CCc2cc(-c3ccncc3)ccc21. The summed E-state index contributed by atoms with van der Waals surface area (Å²) < 4.78 is 41.6. The molecule has 0 saturated heterocycles. The maximum Gasteiger partial charge on any atom is 0.264 e. The number of hydrogen-bond donors (Lipinski definition) is 1. The first kappa shape index (κ1) is 21.8. The molecule has 1 aromatic heterocycles. The van der Waals surface area contributed by atoms with Crippen LogP contribution in [-0.2, 0) is 16.4 Å². The fourth-order valence-electron chi connectivity index (χ4n) is 4.08. The summed E-state index contributed by atoms with van der Waals surface area (Å²) in [5, 5.41) is 0. The van der Waals surface area contributed by atoms with Crippen molar-refractivity contribution < 1.29 is 17.6 Å². The number of nitrogens with zero attached hydrogens (tertiary/aromatic N) is 2. The van der Waals surface area contributed by atoms with Gasteiger partial charge in [0.05, 0.1) is 0 Å². The second-order valence-corrected chi connectivity index (χ2v) is 9.55. The van der Waals surface area contributed by atoms with Crippen LogP contribution in [0.3, 0.4) is 0 Å². The first-order valence-electron chi connectivity index (χ1n) is 10.6. The number of aromatic nitrogens is 1. The highest BCUT2D eigenvalue weighted by molar-refractivity contribution is 7.92. The van der Waals surface area contributed by atoms with Crippen molar-refractivity contribution in [2.45, 2.75) is 11.3 Å². The molecule has 5 rings (SSSR count). The Hall–Kier alpha value is -4.04. The molecule has 4 aromatic rings. The van der Waals surface area contributed by atoms with Crippen LogP contribution in [0, 0.1) is 5.82 Å². The molecule has 0 fully saturated rings. The first-order chi connectivity index (χ1) is 16.4. The average Bonchev–Trinajstić information content (AvgIpc) is 3.27. The van der Waals surface area contributed by atoms with Gasteiger partial charge in [0.15, 0.2) is 0 Å². The molecule has 0 radical (unpaired) electrons. The molecule has 0 bridgehead atoms. The van der Waals surface area contributed by atoms with E-state index in [0.717, 1.165) is 34.9 Å². The third-order valence-electron chi connectivity index (χ3n) is 5.72. The molecule has 0 unspecified atom stereocenters. The maximum atomic E-state index is 14.0. The van der Waals surface area contributed by atoms with E-state index in [2.05, 4.69) is 15.8 Å². The van der Waals surface area contributed by atoms with Gasteiger partial charge in [0, 0.05) is 35.9 Å². The van der Waals surface area contributed by atoms with Crippen LogP contribution >= 0.6 is 0 Å². The van der Waals surface area contributed by atoms with Crippen molar-refractivity contribution in [1.29, 1.82) is 0 Å². The standard InChI is InChI=1S/C26H20FN3O3S/c27-23-6-1-2-7-25(23)34(32,33)29-22-5-3-4-21(17-22)26(31)30-15-12-20-16-19(8-9-24(20)30)18-10-13-28-14-11-18/h1-11,13-14,16-17,29H,12,15H2. The number of nitrogens with one attached hydrogen (secondary N) is 1. The van der Waals surface area contributed by atoms with Gasteiger partial charge in [-0.05, 0) is 77.7 Å². The van der Waals surface area contributed by atoms with Gasteiger partial charge in [-0.25, -0.2) is 12.8 Å². The summed E-state index contributed by atoms with van der Waals surface area (Å²) in [7, 11) is -4.14. The number of rotatable bonds is 5. The normalized spacial score (nSPS) is 12.9. The summed E-state index contributed by atoms with van der Waals surface area (Å²) in [6, 6.07) is 21.2. The van der Waals surface area contributed by atoms with Crippen molar-refractivity contribution in [3.8, 4) is 11.1 Å². The topological polar surface area (TPSA) is 79.4 Å². The fraction of sp³-hybridized carbons (Fsp3) is 0.0769. The highest BCUT2D eigenvalue weighted by Gasteiger charge is 2.26. The van der Waals surface area contributed by atoms with Crippen LogP contribution in [0.4, 0.5) is 15.8 Å². The highest BCUT2D eigenvalue weighted by atomic mass is 32.2. The Morgan fingerprint density at radius 1 is 0.912 bits per heavy atom. The smallest absolute Gasteiger partial charge is 0.264 e. The van der Waals surface area contributed by atoms with E-state index in [1.165, 1.54) is 30.3 Å². The van der Waals surface area contributed by atoms with E-state index in [4.69, 9.17) is 0 Å². The van der Waals surface area contributed by atoms with Crippen molar-refractivity contribution in [3.63, 3.8) is 0 Å². The number of pyridine rings is 1. The minimum absolute atomic E-state index is 0.182. The van der Waals surface area contributed by atoms with E-state index in [1.54, 1.807) is 29.4 Å². The molecular weight excluding hydrogens is 453 g/mol. The molecule has 1 amide bonds. The lowest BCUT2D eigenvalue weighted by molar-refractivity contribution is 0.0989. The van der Waals surface area contributed by atoms with E-state index in [1.807, 2.05) is 24.3 Å². The summed E-state index contributed by atoms with van der Waals surface area (Å²) in [4.78, 5) is 18.6. The Morgan fingerprint density at radius 3 is 2.50 bits per heavy atom. The van der Waals surface area contributed by atoms with Gasteiger partial charge in [-0.15, -0.1) is 0 Å². The Balaban J connectivity index is 1.39. The summed E-state index contributed by atoms with van der Waals surface area (Å²) in [5.41, 5.74) is 4.53. The molecule has 8 heteroatoms. The van der Waals surface area contributed by atoms with Gasteiger partial charge in [0.2, 0.25) is 0 Å². The van der Waals surface area contributed by atoms with Crippen LogP contribution in [0.5, 0.6) is 0 Å². The zero-order chi connectivity index (χ0) is 23.7. The molecule has 2 heterocycles. The van der Waals surface area contributed by atoms with Gasteiger partial charge in [-0.2, -0.15) is 0 Å². The quantitative estimate of drug-likeness (QED) is 0.448. The molecule has 1 aliphatic rings. The maximum absolute atomic E-state index is 14.0. The molecule has 34 heavy (non-hydrogen) atoms. The lowest BCUT2D eigenvalue weighted by Crippen LogP contribution is -2.29. The molecule has 3 aromatic carbocycles. The van der Waals surface area contributed by atoms with Crippen LogP contribution in [0.1, 0.15) is 15.9 Å². The molecule has 1 aliphatic heterocycles. The highest BCUT2D eigenvalue weighted by Crippen LogP contribution is 2.33. The second kappa shape index (κ2) is 8.72. The number of halogens is 1. The lowest BCUT2D eigenvalue weighted by atomic mass is 10.0. The van der Waals surface area contributed by atoms with Crippen molar-refractivity contribution in [2.75, 3.05) is 16.2 Å². The zero-order valence-corrected chi connectivity index (χ0v) is 18.8. The summed E-state index contributed by atoms with van der Waals surface area (Å²) in [6.45, 7) is 0.527. The monoisotopic (exact) mass is 473 g/mol.